The van der Waals surface area contributed by atoms with Crippen molar-refractivity contribution in [1.29, 1.82) is 0 Å². The summed E-state index contributed by atoms with van der Waals surface area (Å²) >= 11 is 0.448. The van der Waals surface area contributed by atoms with Gasteiger partial charge in [0.2, 0.25) is 5.91 Å². The fourth-order valence-electron chi connectivity index (χ4n) is 1.39. The van der Waals surface area contributed by atoms with Crippen LogP contribution in [0.4, 0.5) is 18.9 Å². The number of hydrogen-bond acceptors (Lipinski definition) is 3. The Bertz CT molecular complexity index is 517. The van der Waals surface area contributed by atoms with Gasteiger partial charge < -0.3 is 10.4 Å². The van der Waals surface area contributed by atoms with Crippen molar-refractivity contribution in [2.75, 3.05) is 16.8 Å². The average Bonchev–Trinajstić information content (AvgIpc) is 2.29. The molecule has 0 saturated heterocycles. The number of nitrogens with one attached hydrogen (secondary N) is 1. The number of amides is 1. The van der Waals surface area contributed by atoms with Crippen LogP contribution in [0.25, 0.3) is 0 Å². The van der Waals surface area contributed by atoms with E-state index in [4.69, 9.17) is 5.11 Å². The lowest BCUT2D eigenvalue weighted by atomic mass is 10.1. The molecule has 0 aliphatic carbocycles. The third-order valence-corrected chi connectivity index (χ3v) is 3.25. The third-order valence-electron chi connectivity index (χ3n) is 2.25. The van der Waals surface area contributed by atoms with Crippen molar-refractivity contribution in [1.82, 2.24) is 0 Å². The van der Waals surface area contributed by atoms with Crippen molar-refractivity contribution in [2.45, 2.75) is 13.1 Å². The van der Waals surface area contributed by atoms with E-state index in [9.17, 15) is 22.8 Å². The maximum Gasteiger partial charge on any atom is 0.397 e. The Balaban J connectivity index is 2.58. The number of halogens is 3. The Labute approximate surface area is 117 Å². The molecule has 1 rings (SSSR count). The molecule has 0 aromatic heterocycles. The zero-order chi connectivity index (χ0) is 15.3. The van der Waals surface area contributed by atoms with Crippen molar-refractivity contribution in [3.8, 4) is 0 Å². The number of carbonyl (C=O) groups excluding carboxylic acids is 1. The molecule has 0 unspecified atom stereocenters. The Morgan fingerprint density at radius 1 is 1.35 bits per heavy atom. The highest BCUT2D eigenvalue weighted by Gasteiger charge is 2.27. The van der Waals surface area contributed by atoms with Gasteiger partial charge in [-0.05, 0) is 24.6 Å². The van der Waals surface area contributed by atoms with Gasteiger partial charge in [0.15, 0.2) is 0 Å². The molecule has 2 N–H and O–H groups in total. The number of rotatable bonds is 5. The number of alkyl halides is 3. The van der Waals surface area contributed by atoms with E-state index in [1.165, 1.54) is 18.2 Å². The highest BCUT2D eigenvalue weighted by Crippen LogP contribution is 2.21. The van der Waals surface area contributed by atoms with Gasteiger partial charge in [-0.2, -0.15) is 13.2 Å². The highest BCUT2D eigenvalue weighted by molar-refractivity contribution is 8.00. The minimum absolute atomic E-state index is 0.0331. The molecule has 110 valence electrons. The van der Waals surface area contributed by atoms with Gasteiger partial charge in [0.25, 0.3) is 0 Å². The lowest BCUT2D eigenvalue weighted by Gasteiger charge is -2.08. The van der Waals surface area contributed by atoms with Gasteiger partial charge in [0.1, 0.15) is 0 Å². The van der Waals surface area contributed by atoms with Crippen LogP contribution in [0, 0.1) is 6.92 Å². The molecule has 0 radical (unpaired) electrons. The van der Waals surface area contributed by atoms with Crippen LogP contribution in [0.2, 0.25) is 0 Å². The molecule has 1 aromatic rings. The lowest BCUT2D eigenvalue weighted by molar-refractivity contribution is -0.113. The van der Waals surface area contributed by atoms with Gasteiger partial charge in [-0.15, -0.1) is 11.8 Å². The Hall–Kier alpha value is -1.70. The first-order valence-electron chi connectivity index (χ1n) is 5.47. The molecule has 0 fully saturated rings. The van der Waals surface area contributed by atoms with Crippen molar-refractivity contribution >= 4 is 29.3 Å². The molecule has 8 heteroatoms. The number of carbonyl (C=O) groups is 2. The Morgan fingerprint density at radius 2 is 2.00 bits per heavy atom. The van der Waals surface area contributed by atoms with E-state index >= 15 is 0 Å². The summed E-state index contributed by atoms with van der Waals surface area (Å²) in [6.07, 6.45) is -4.31. The maximum absolute atomic E-state index is 11.9. The number of carboxylic acids is 1. The summed E-state index contributed by atoms with van der Waals surface area (Å²) in [5.41, 5.74) is 0.804. The predicted molar refractivity (Wildman–Crippen MR) is 70.1 cm³/mol. The quantitative estimate of drug-likeness (QED) is 0.878. The third kappa shape index (κ3) is 5.52. The van der Waals surface area contributed by atoms with E-state index in [0.717, 1.165) is 0 Å². The fourth-order valence-corrected chi connectivity index (χ4v) is 1.98. The van der Waals surface area contributed by atoms with E-state index in [1.54, 1.807) is 6.92 Å². The summed E-state index contributed by atoms with van der Waals surface area (Å²) in [5, 5.41) is 11.3. The van der Waals surface area contributed by atoms with Gasteiger partial charge in [-0.3, -0.25) is 4.79 Å². The molecule has 0 spiro atoms. The summed E-state index contributed by atoms with van der Waals surface area (Å²) in [4.78, 5) is 22.3. The average molecular weight is 307 g/mol. The summed E-state index contributed by atoms with van der Waals surface area (Å²) < 4.78 is 35.7. The standard InChI is InChI=1S/C12H12F3NO3S/c1-7-2-3-8(4-9(7)11(18)19)16-10(17)5-20-6-12(13,14)15/h2-4H,5-6H2,1H3,(H,16,17)(H,18,19). The molecule has 20 heavy (non-hydrogen) atoms. The first-order valence-corrected chi connectivity index (χ1v) is 6.63. The van der Waals surface area contributed by atoms with E-state index in [-0.39, 0.29) is 17.0 Å². The van der Waals surface area contributed by atoms with E-state index in [2.05, 4.69) is 5.32 Å². The van der Waals surface area contributed by atoms with E-state index < -0.39 is 23.8 Å². The topological polar surface area (TPSA) is 66.4 Å². The second-order valence-corrected chi connectivity index (χ2v) is 4.98. The van der Waals surface area contributed by atoms with Crippen LogP contribution in [0.5, 0.6) is 0 Å². The van der Waals surface area contributed by atoms with Gasteiger partial charge in [-0.25, -0.2) is 4.79 Å². The van der Waals surface area contributed by atoms with Gasteiger partial charge >= 0.3 is 12.1 Å². The van der Waals surface area contributed by atoms with Gasteiger partial charge in [0, 0.05) is 5.69 Å². The maximum atomic E-state index is 11.9. The molecule has 0 saturated carbocycles. The first-order chi connectivity index (χ1) is 9.19. The molecule has 4 nitrogen and oxygen atoms in total. The molecule has 0 bridgehead atoms. The van der Waals surface area contributed by atoms with Crippen LogP contribution >= 0.6 is 11.8 Å². The second kappa shape index (κ2) is 6.65. The van der Waals surface area contributed by atoms with Crippen LogP contribution in [-0.4, -0.2) is 34.7 Å². The van der Waals surface area contributed by atoms with Crippen LogP contribution < -0.4 is 5.32 Å². The lowest BCUT2D eigenvalue weighted by Crippen LogP contribution is -2.18. The van der Waals surface area contributed by atoms with E-state index in [0.29, 0.717) is 17.3 Å². The Kier molecular flexibility index (Phi) is 5.43. The summed E-state index contributed by atoms with van der Waals surface area (Å²) in [7, 11) is 0. The predicted octanol–water partition coefficient (Wildman–Crippen LogP) is 2.93. The summed E-state index contributed by atoms with van der Waals surface area (Å²) in [5.74, 6) is -3.20. The molecular formula is C12H12F3NO3S. The smallest absolute Gasteiger partial charge is 0.397 e. The fraction of sp³-hybridized carbons (Fsp3) is 0.333. The number of anilines is 1. The minimum atomic E-state index is -4.31. The summed E-state index contributed by atoms with van der Waals surface area (Å²) in [6.45, 7) is 1.61. The minimum Gasteiger partial charge on any atom is -0.478 e. The van der Waals surface area contributed by atoms with E-state index in [1.807, 2.05) is 0 Å². The number of thioether (sulfide) groups is 1. The molecule has 0 aliphatic rings. The first kappa shape index (κ1) is 16.4. The van der Waals surface area contributed by atoms with Crippen molar-refractivity contribution in [2.24, 2.45) is 0 Å². The zero-order valence-corrected chi connectivity index (χ0v) is 11.3. The van der Waals surface area contributed by atoms with Crippen LogP contribution in [-0.2, 0) is 4.79 Å². The molecular weight excluding hydrogens is 295 g/mol. The number of hydrogen-bond donors (Lipinski definition) is 2. The molecule has 0 atom stereocenters. The Morgan fingerprint density at radius 3 is 2.55 bits per heavy atom. The second-order valence-electron chi connectivity index (χ2n) is 3.99. The highest BCUT2D eigenvalue weighted by atomic mass is 32.2. The molecule has 0 heterocycles. The largest absolute Gasteiger partial charge is 0.478 e. The number of carboxylic acid groups (broad SMARTS) is 1. The molecule has 1 aromatic carbocycles. The summed E-state index contributed by atoms with van der Waals surface area (Å²) in [6, 6.07) is 4.28. The molecule has 0 aliphatic heterocycles. The van der Waals surface area contributed by atoms with Gasteiger partial charge in [-0.1, -0.05) is 6.07 Å². The SMILES string of the molecule is Cc1ccc(NC(=O)CSCC(F)(F)F)cc1C(=O)O. The number of benzene rings is 1. The van der Waals surface area contributed by atoms with Crippen molar-refractivity contribution < 1.29 is 27.9 Å². The van der Waals surface area contributed by atoms with Crippen LogP contribution in [0.15, 0.2) is 18.2 Å². The monoisotopic (exact) mass is 307 g/mol. The number of aryl methyl sites for hydroxylation is 1. The van der Waals surface area contributed by atoms with Crippen LogP contribution in [0.1, 0.15) is 15.9 Å². The van der Waals surface area contributed by atoms with Crippen LogP contribution in [0.3, 0.4) is 0 Å². The van der Waals surface area contributed by atoms with Crippen molar-refractivity contribution in [3.63, 3.8) is 0 Å². The van der Waals surface area contributed by atoms with Gasteiger partial charge in [0.05, 0.1) is 17.1 Å². The van der Waals surface area contributed by atoms with Crippen molar-refractivity contribution in [3.05, 3.63) is 29.3 Å². The number of aromatic carboxylic acids is 1. The molecule has 1 amide bonds. The normalized spacial score (nSPS) is 11.2. The zero-order valence-electron chi connectivity index (χ0n) is 10.5.